The molecule has 0 aromatic heterocycles. The number of nitrogens with two attached hydrogens (primary N) is 1. The summed E-state index contributed by atoms with van der Waals surface area (Å²) in [6.07, 6.45) is 9.00. The molecule has 1 aliphatic rings. The van der Waals surface area contributed by atoms with E-state index < -0.39 is 10.1 Å². The van der Waals surface area contributed by atoms with Crippen LogP contribution in [0.25, 0.3) is 0 Å². The summed E-state index contributed by atoms with van der Waals surface area (Å²) in [5.41, 5.74) is 5.75. The van der Waals surface area contributed by atoms with E-state index in [0.29, 0.717) is 5.69 Å². The summed E-state index contributed by atoms with van der Waals surface area (Å²) in [7, 11) is -4.08. The highest BCUT2D eigenvalue weighted by molar-refractivity contribution is 7.85. The predicted molar refractivity (Wildman–Crippen MR) is 68.4 cm³/mol. The molecule has 1 saturated carbocycles. The van der Waals surface area contributed by atoms with Gasteiger partial charge >= 0.3 is 0 Å². The Balaban J connectivity index is 0.000000202. The molecule has 4 nitrogen and oxygen atoms in total. The summed E-state index contributed by atoms with van der Waals surface area (Å²) in [6.45, 7) is 0. The first kappa shape index (κ1) is 14.0. The predicted octanol–water partition coefficient (Wildman–Crippen LogP) is 2.86. The summed E-state index contributed by atoms with van der Waals surface area (Å²) in [6, 6.07) is 5.29. The number of anilines is 1. The molecular formula is C12H19NO3S. The molecule has 0 saturated heterocycles. The monoisotopic (exact) mass is 257 g/mol. The summed E-state index contributed by atoms with van der Waals surface area (Å²) < 4.78 is 29.4. The summed E-state index contributed by atoms with van der Waals surface area (Å²) >= 11 is 0. The Kier molecular flexibility index (Phi) is 5.44. The zero-order valence-corrected chi connectivity index (χ0v) is 10.6. The first-order valence-electron chi connectivity index (χ1n) is 5.83. The molecule has 3 N–H and O–H groups in total. The van der Waals surface area contributed by atoms with E-state index in [1.165, 1.54) is 62.8 Å². The Bertz CT molecular complexity index is 410. The molecule has 2 rings (SSSR count). The van der Waals surface area contributed by atoms with Crippen LogP contribution in [0.3, 0.4) is 0 Å². The fourth-order valence-corrected chi connectivity index (χ4v) is 2.18. The lowest BCUT2D eigenvalue weighted by Gasteiger charge is -2.05. The van der Waals surface area contributed by atoms with Crippen LogP contribution in [0, 0.1) is 0 Å². The van der Waals surface area contributed by atoms with E-state index in [4.69, 9.17) is 10.3 Å². The highest BCUT2D eigenvalue weighted by Gasteiger charge is 2.06. The smallest absolute Gasteiger partial charge is 0.294 e. The fraction of sp³-hybridized carbons (Fsp3) is 0.500. The SMILES string of the molecule is C1CCCCC1.Nc1ccc(S(=O)(=O)O)cc1. The second kappa shape index (κ2) is 6.61. The third kappa shape index (κ3) is 5.70. The van der Waals surface area contributed by atoms with Crippen molar-refractivity contribution >= 4 is 15.8 Å². The lowest BCUT2D eigenvalue weighted by Crippen LogP contribution is -1.97. The van der Waals surface area contributed by atoms with E-state index in [-0.39, 0.29) is 4.90 Å². The van der Waals surface area contributed by atoms with Crippen LogP contribution in [0.5, 0.6) is 0 Å². The van der Waals surface area contributed by atoms with Crippen molar-refractivity contribution < 1.29 is 13.0 Å². The minimum absolute atomic E-state index is 0.147. The standard InChI is InChI=1S/C6H7NO3S.C6H12/c7-5-1-3-6(4-2-5)11(8,9)10;1-2-4-6-5-3-1/h1-4H,7H2,(H,8,9,10);1-6H2. The molecule has 1 aromatic rings. The van der Waals surface area contributed by atoms with Gasteiger partial charge in [-0.2, -0.15) is 8.42 Å². The van der Waals surface area contributed by atoms with Crippen LogP contribution < -0.4 is 5.73 Å². The first-order valence-corrected chi connectivity index (χ1v) is 7.27. The molecule has 0 aliphatic heterocycles. The summed E-state index contributed by atoms with van der Waals surface area (Å²) in [4.78, 5) is -0.147. The average molecular weight is 257 g/mol. The Morgan fingerprint density at radius 1 is 0.882 bits per heavy atom. The van der Waals surface area contributed by atoms with Gasteiger partial charge in [-0.1, -0.05) is 38.5 Å². The molecule has 5 heteroatoms. The van der Waals surface area contributed by atoms with Crippen molar-refractivity contribution in [1.29, 1.82) is 0 Å². The zero-order valence-electron chi connectivity index (χ0n) is 9.80. The van der Waals surface area contributed by atoms with Gasteiger partial charge < -0.3 is 5.73 Å². The van der Waals surface area contributed by atoms with Gasteiger partial charge in [0.2, 0.25) is 0 Å². The van der Waals surface area contributed by atoms with Crippen molar-refractivity contribution in [1.82, 2.24) is 0 Å². The second-order valence-corrected chi connectivity index (χ2v) is 5.59. The lowest BCUT2D eigenvalue weighted by atomic mass is 10.0. The van der Waals surface area contributed by atoms with E-state index in [1.54, 1.807) is 0 Å². The maximum absolute atomic E-state index is 10.5. The minimum atomic E-state index is -4.08. The van der Waals surface area contributed by atoms with Crippen LogP contribution in [-0.2, 0) is 10.1 Å². The minimum Gasteiger partial charge on any atom is -0.399 e. The van der Waals surface area contributed by atoms with Gasteiger partial charge in [0.05, 0.1) is 4.90 Å². The third-order valence-electron chi connectivity index (χ3n) is 2.68. The van der Waals surface area contributed by atoms with Crippen molar-refractivity contribution in [2.75, 3.05) is 5.73 Å². The first-order chi connectivity index (χ1) is 8.00. The molecule has 0 atom stereocenters. The molecular weight excluding hydrogens is 238 g/mol. The molecule has 0 spiro atoms. The van der Waals surface area contributed by atoms with Crippen LogP contribution in [-0.4, -0.2) is 13.0 Å². The zero-order chi connectivity index (χ0) is 12.7. The van der Waals surface area contributed by atoms with Crippen molar-refractivity contribution in [3.8, 4) is 0 Å². The highest BCUT2D eigenvalue weighted by Crippen LogP contribution is 2.15. The van der Waals surface area contributed by atoms with Gasteiger partial charge in [0.1, 0.15) is 0 Å². The van der Waals surface area contributed by atoms with Gasteiger partial charge in [0, 0.05) is 5.69 Å². The van der Waals surface area contributed by atoms with Gasteiger partial charge in [0.15, 0.2) is 0 Å². The maximum Gasteiger partial charge on any atom is 0.294 e. The van der Waals surface area contributed by atoms with Crippen molar-refractivity contribution in [3.63, 3.8) is 0 Å². The van der Waals surface area contributed by atoms with E-state index in [2.05, 4.69) is 0 Å². The van der Waals surface area contributed by atoms with Gasteiger partial charge in [-0.3, -0.25) is 4.55 Å². The van der Waals surface area contributed by atoms with Crippen molar-refractivity contribution in [2.45, 2.75) is 43.4 Å². The molecule has 0 radical (unpaired) electrons. The molecule has 0 heterocycles. The highest BCUT2D eigenvalue weighted by atomic mass is 32.2. The van der Waals surface area contributed by atoms with E-state index in [9.17, 15) is 8.42 Å². The number of nitrogen functional groups attached to an aromatic ring is 1. The van der Waals surface area contributed by atoms with Gasteiger partial charge in [-0.15, -0.1) is 0 Å². The average Bonchev–Trinajstić information content (AvgIpc) is 2.31. The molecule has 96 valence electrons. The third-order valence-corrected chi connectivity index (χ3v) is 3.55. The maximum atomic E-state index is 10.5. The van der Waals surface area contributed by atoms with Crippen LogP contribution in [0.1, 0.15) is 38.5 Å². The molecule has 1 aromatic carbocycles. The Labute approximate surface area is 103 Å². The van der Waals surface area contributed by atoms with E-state index >= 15 is 0 Å². The van der Waals surface area contributed by atoms with Crippen molar-refractivity contribution in [3.05, 3.63) is 24.3 Å². The topological polar surface area (TPSA) is 80.4 Å². The second-order valence-electron chi connectivity index (χ2n) is 4.17. The van der Waals surface area contributed by atoms with E-state index in [1.807, 2.05) is 0 Å². The van der Waals surface area contributed by atoms with Gasteiger partial charge in [-0.25, -0.2) is 0 Å². The van der Waals surface area contributed by atoms with Crippen molar-refractivity contribution in [2.24, 2.45) is 0 Å². The molecule has 1 aliphatic carbocycles. The van der Waals surface area contributed by atoms with Gasteiger partial charge in [0.25, 0.3) is 10.1 Å². The fourth-order valence-electron chi connectivity index (χ4n) is 1.70. The van der Waals surface area contributed by atoms with Crippen LogP contribution in [0.15, 0.2) is 29.2 Å². The normalized spacial score (nSPS) is 15.8. The molecule has 0 amide bonds. The number of rotatable bonds is 1. The van der Waals surface area contributed by atoms with E-state index in [0.717, 1.165) is 0 Å². The Morgan fingerprint density at radius 2 is 1.24 bits per heavy atom. The number of hydrogen-bond donors (Lipinski definition) is 2. The molecule has 1 fully saturated rings. The van der Waals surface area contributed by atoms with Crippen LogP contribution >= 0.6 is 0 Å². The van der Waals surface area contributed by atoms with Gasteiger partial charge in [-0.05, 0) is 24.3 Å². The summed E-state index contributed by atoms with van der Waals surface area (Å²) in [5, 5.41) is 0. The molecule has 0 unspecified atom stereocenters. The molecule has 17 heavy (non-hydrogen) atoms. The summed E-state index contributed by atoms with van der Waals surface area (Å²) in [5.74, 6) is 0. The number of hydrogen-bond acceptors (Lipinski definition) is 3. The quantitative estimate of drug-likeness (QED) is 0.599. The Hall–Kier alpha value is -1.07. The van der Waals surface area contributed by atoms with Crippen LogP contribution in [0.4, 0.5) is 5.69 Å². The Morgan fingerprint density at radius 3 is 1.53 bits per heavy atom. The lowest BCUT2D eigenvalue weighted by molar-refractivity contribution is 0.483. The molecule has 0 bridgehead atoms. The number of benzene rings is 1. The van der Waals surface area contributed by atoms with Crippen LogP contribution in [0.2, 0.25) is 0 Å². The largest absolute Gasteiger partial charge is 0.399 e.